The summed E-state index contributed by atoms with van der Waals surface area (Å²) in [6.07, 6.45) is 8.90. The molecule has 1 aromatic carbocycles. The molecule has 4 unspecified atom stereocenters. The van der Waals surface area contributed by atoms with E-state index in [4.69, 9.17) is 0 Å². The minimum Gasteiger partial charge on any atom is -0.335 e. The van der Waals surface area contributed by atoms with E-state index >= 15 is 0 Å². The molecule has 0 saturated heterocycles. The molecule has 1 amide bonds. The van der Waals surface area contributed by atoms with Crippen molar-refractivity contribution in [2.24, 2.45) is 23.7 Å². The lowest BCUT2D eigenvalue weighted by Crippen LogP contribution is -2.40. The third-order valence-electron chi connectivity index (χ3n) is 6.63. The zero-order valence-electron chi connectivity index (χ0n) is 14.3. The Hall–Kier alpha value is -1.31. The van der Waals surface area contributed by atoms with E-state index in [0.29, 0.717) is 17.9 Å². The van der Waals surface area contributed by atoms with Crippen molar-refractivity contribution in [2.45, 2.75) is 64.5 Å². The van der Waals surface area contributed by atoms with Crippen LogP contribution in [0.2, 0.25) is 0 Å². The lowest BCUT2D eigenvalue weighted by Gasteiger charge is -2.32. The van der Waals surface area contributed by atoms with Crippen LogP contribution in [0.15, 0.2) is 30.3 Å². The van der Waals surface area contributed by atoms with Gasteiger partial charge in [0.1, 0.15) is 0 Å². The Morgan fingerprint density at radius 1 is 1.13 bits per heavy atom. The fraction of sp³-hybridized carbons (Fsp3) is 0.667. The first kappa shape index (κ1) is 15.2. The van der Waals surface area contributed by atoms with E-state index in [1.165, 1.54) is 44.1 Å². The van der Waals surface area contributed by atoms with Gasteiger partial charge in [-0.05, 0) is 68.3 Å². The Labute approximate surface area is 140 Å². The molecule has 0 aliphatic heterocycles. The lowest BCUT2D eigenvalue weighted by atomic mass is 9.86. The second-order valence-electron chi connectivity index (χ2n) is 8.22. The molecule has 4 rings (SSSR count). The number of rotatable bonds is 6. The van der Waals surface area contributed by atoms with Gasteiger partial charge in [-0.3, -0.25) is 4.79 Å². The second-order valence-corrected chi connectivity index (χ2v) is 8.22. The molecule has 0 spiro atoms. The van der Waals surface area contributed by atoms with Gasteiger partial charge in [0.15, 0.2) is 0 Å². The van der Waals surface area contributed by atoms with Crippen LogP contribution >= 0.6 is 0 Å². The number of carbonyl (C=O) groups excluding carboxylic acids is 1. The number of nitrogens with zero attached hydrogens (tertiary/aromatic N) is 1. The van der Waals surface area contributed by atoms with Gasteiger partial charge in [-0.1, -0.05) is 36.8 Å². The van der Waals surface area contributed by atoms with Gasteiger partial charge >= 0.3 is 0 Å². The average molecular weight is 311 g/mol. The highest BCUT2D eigenvalue weighted by Crippen LogP contribution is 2.50. The first-order valence-electron chi connectivity index (χ1n) is 9.54. The molecule has 23 heavy (non-hydrogen) atoms. The molecule has 2 bridgehead atoms. The number of carbonyl (C=O) groups is 1. The highest BCUT2D eigenvalue weighted by molar-refractivity contribution is 5.77. The monoisotopic (exact) mass is 311 g/mol. The van der Waals surface area contributed by atoms with Crippen molar-refractivity contribution >= 4 is 5.91 Å². The Kier molecular flexibility index (Phi) is 4.17. The number of benzene rings is 1. The summed E-state index contributed by atoms with van der Waals surface area (Å²) in [4.78, 5) is 15.3. The molecule has 0 aromatic heterocycles. The molecule has 4 atom stereocenters. The van der Waals surface area contributed by atoms with Gasteiger partial charge in [-0.15, -0.1) is 0 Å². The smallest absolute Gasteiger partial charge is 0.223 e. The molecule has 3 fully saturated rings. The molecular weight excluding hydrogens is 282 g/mol. The van der Waals surface area contributed by atoms with Crippen LogP contribution in [0.5, 0.6) is 0 Å². The normalized spacial score (nSPS) is 30.4. The third-order valence-corrected chi connectivity index (χ3v) is 6.63. The van der Waals surface area contributed by atoms with Crippen LogP contribution in [0.4, 0.5) is 0 Å². The van der Waals surface area contributed by atoms with E-state index in [-0.39, 0.29) is 0 Å². The van der Waals surface area contributed by atoms with Gasteiger partial charge < -0.3 is 4.90 Å². The fourth-order valence-corrected chi connectivity index (χ4v) is 5.04. The highest BCUT2D eigenvalue weighted by Gasteiger charge is 2.42. The summed E-state index contributed by atoms with van der Waals surface area (Å²) in [6, 6.07) is 10.9. The Balaban J connectivity index is 1.44. The number of amides is 1. The first-order valence-corrected chi connectivity index (χ1v) is 9.54. The molecule has 3 aliphatic carbocycles. The fourth-order valence-electron chi connectivity index (χ4n) is 5.04. The van der Waals surface area contributed by atoms with Gasteiger partial charge in [0.25, 0.3) is 0 Å². The highest BCUT2D eigenvalue weighted by atomic mass is 16.2. The van der Waals surface area contributed by atoms with Crippen LogP contribution in [0.3, 0.4) is 0 Å². The van der Waals surface area contributed by atoms with E-state index in [0.717, 1.165) is 30.7 Å². The minimum atomic E-state index is 0.404. The molecule has 3 aliphatic rings. The maximum atomic E-state index is 13.1. The first-order chi connectivity index (χ1) is 11.2. The van der Waals surface area contributed by atoms with Gasteiger partial charge in [-0.25, -0.2) is 0 Å². The largest absolute Gasteiger partial charge is 0.335 e. The van der Waals surface area contributed by atoms with Crippen molar-refractivity contribution in [2.75, 3.05) is 0 Å². The molecule has 2 heteroatoms. The summed E-state index contributed by atoms with van der Waals surface area (Å²) in [7, 11) is 0. The van der Waals surface area contributed by atoms with E-state index in [1.54, 1.807) is 0 Å². The average Bonchev–Trinajstić information content (AvgIpc) is 3.22. The van der Waals surface area contributed by atoms with Crippen LogP contribution in [-0.4, -0.2) is 16.8 Å². The molecule has 1 aromatic rings. The summed E-state index contributed by atoms with van der Waals surface area (Å²) in [5, 5.41) is 0. The van der Waals surface area contributed by atoms with Gasteiger partial charge in [0.05, 0.1) is 0 Å². The van der Waals surface area contributed by atoms with Crippen molar-refractivity contribution in [3.8, 4) is 0 Å². The van der Waals surface area contributed by atoms with Crippen molar-refractivity contribution in [3.05, 3.63) is 35.9 Å². The molecule has 0 heterocycles. The number of hydrogen-bond acceptors (Lipinski definition) is 1. The molecular formula is C21H29NO. The summed E-state index contributed by atoms with van der Waals surface area (Å²) in [5.74, 6) is 3.60. The Morgan fingerprint density at radius 3 is 2.52 bits per heavy atom. The third kappa shape index (κ3) is 3.32. The minimum absolute atomic E-state index is 0.404. The predicted octanol–water partition coefficient (Wildman–Crippen LogP) is 4.64. The van der Waals surface area contributed by atoms with Crippen LogP contribution in [0.1, 0.15) is 57.4 Å². The summed E-state index contributed by atoms with van der Waals surface area (Å²) in [6.45, 7) is 3.05. The van der Waals surface area contributed by atoms with Gasteiger partial charge in [-0.2, -0.15) is 0 Å². The molecule has 0 radical (unpaired) electrons. The van der Waals surface area contributed by atoms with E-state index in [1.807, 2.05) is 0 Å². The van der Waals surface area contributed by atoms with Crippen molar-refractivity contribution in [1.82, 2.24) is 4.90 Å². The van der Waals surface area contributed by atoms with Crippen molar-refractivity contribution < 1.29 is 4.79 Å². The van der Waals surface area contributed by atoms with Crippen LogP contribution < -0.4 is 0 Å². The van der Waals surface area contributed by atoms with Crippen LogP contribution in [-0.2, 0) is 11.3 Å². The zero-order chi connectivity index (χ0) is 15.8. The van der Waals surface area contributed by atoms with Crippen molar-refractivity contribution in [1.29, 1.82) is 0 Å². The SMILES string of the molecule is CC(C1CC1)N(Cc1ccccc1)C(=O)CC1CC2CCC1C2. The molecule has 3 saturated carbocycles. The maximum Gasteiger partial charge on any atom is 0.223 e. The van der Waals surface area contributed by atoms with Crippen LogP contribution in [0.25, 0.3) is 0 Å². The van der Waals surface area contributed by atoms with Crippen LogP contribution in [0, 0.1) is 23.7 Å². The summed E-state index contributed by atoms with van der Waals surface area (Å²) < 4.78 is 0. The Morgan fingerprint density at radius 2 is 1.91 bits per heavy atom. The quantitative estimate of drug-likeness (QED) is 0.749. The van der Waals surface area contributed by atoms with Gasteiger partial charge in [0.2, 0.25) is 5.91 Å². The van der Waals surface area contributed by atoms with E-state index < -0.39 is 0 Å². The molecule has 0 N–H and O–H groups in total. The molecule has 124 valence electrons. The standard InChI is InChI=1S/C21H29NO/c1-15(18-9-10-18)22(14-16-5-3-2-4-6-16)21(23)13-20-12-17-7-8-19(20)11-17/h2-6,15,17-20H,7-14H2,1H3. The lowest BCUT2D eigenvalue weighted by molar-refractivity contribution is -0.135. The zero-order valence-corrected chi connectivity index (χ0v) is 14.3. The van der Waals surface area contributed by atoms with E-state index in [9.17, 15) is 4.79 Å². The number of fused-ring (bicyclic) bond motifs is 2. The summed E-state index contributed by atoms with van der Waals surface area (Å²) >= 11 is 0. The topological polar surface area (TPSA) is 20.3 Å². The van der Waals surface area contributed by atoms with Gasteiger partial charge in [0, 0.05) is 19.0 Å². The predicted molar refractivity (Wildman–Crippen MR) is 92.7 cm³/mol. The van der Waals surface area contributed by atoms with E-state index in [2.05, 4.69) is 42.2 Å². The number of hydrogen-bond donors (Lipinski definition) is 0. The van der Waals surface area contributed by atoms with Crippen molar-refractivity contribution in [3.63, 3.8) is 0 Å². The summed E-state index contributed by atoms with van der Waals surface area (Å²) in [5.41, 5.74) is 1.27. The molecule has 2 nitrogen and oxygen atoms in total. The maximum absolute atomic E-state index is 13.1. The Bertz CT molecular complexity index is 550. The second kappa shape index (κ2) is 6.30.